The third-order valence-corrected chi connectivity index (χ3v) is 6.82. The number of nitrogens with one attached hydrogen (secondary N) is 1. The summed E-state index contributed by atoms with van der Waals surface area (Å²) in [5.41, 5.74) is 10.2. The Hall–Kier alpha value is -3.86. The van der Waals surface area contributed by atoms with Gasteiger partial charge < -0.3 is 15.7 Å². The molecule has 1 amide bonds. The summed E-state index contributed by atoms with van der Waals surface area (Å²) in [4.78, 5) is 28.2. The molecule has 2 aliphatic rings. The number of amides is 1. The van der Waals surface area contributed by atoms with Gasteiger partial charge in [-0.25, -0.2) is 9.97 Å². The van der Waals surface area contributed by atoms with E-state index in [1.165, 1.54) is 6.33 Å². The molecule has 0 aromatic carbocycles. The Morgan fingerprint density at radius 2 is 2.00 bits per heavy atom. The number of fused-ring (bicyclic) bond motifs is 3. The molecule has 6 heterocycles. The summed E-state index contributed by atoms with van der Waals surface area (Å²) in [6, 6.07) is 5.86. The molecule has 11 nitrogen and oxygen atoms in total. The fraction of sp³-hybridized carbons (Fsp3) is 0.364. The van der Waals surface area contributed by atoms with Gasteiger partial charge in [-0.05, 0) is 31.7 Å². The SMILES string of the molecule is Nc1cc(C2CC3CCC(C2)N3C(=O)c2ncn[nH]2)nc2c(-c3ccc(CO)nc3)cnn12. The van der Waals surface area contributed by atoms with Crippen molar-refractivity contribution in [2.45, 2.75) is 50.3 Å². The predicted molar refractivity (Wildman–Crippen MR) is 118 cm³/mol. The van der Waals surface area contributed by atoms with Crippen LogP contribution >= 0.6 is 0 Å². The number of aromatic amines is 1. The van der Waals surface area contributed by atoms with Crippen LogP contribution in [-0.4, -0.2) is 62.8 Å². The smallest absolute Gasteiger partial charge is 0.291 e. The number of nitrogens with two attached hydrogens (primary N) is 1. The van der Waals surface area contributed by atoms with Gasteiger partial charge in [0.05, 0.1) is 18.5 Å². The molecule has 0 spiro atoms. The number of piperidine rings is 1. The number of aromatic nitrogens is 7. The van der Waals surface area contributed by atoms with E-state index in [4.69, 9.17) is 10.7 Å². The molecule has 0 radical (unpaired) electrons. The lowest BCUT2D eigenvalue weighted by molar-refractivity contribution is 0.0557. The first kappa shape index (κ1) is 19.8. The van der Waals surface area contributed by atoms with Crippen LogP contribution < -0.4 is 5.73 Å². The minimum absolute atomic E-state index is 0.0849. The number of hydrogen-bond donors (Lipinski definition) is 3. The fourth-order valence-electron chi connectivity index (χ4n) is 5.28. The van der Waals surface area contributed by atoms with Crippen LogP contribution in [0.3, 0.4) is 0 Å². The van der Waals surface area contributed by atoms with Crippen LogP contribution in [0.1, 0.15) is 53.6 Å². The van der Waals surface area contributed by atoms with E-state index >= 15 is 0 Å². The standard InChI is InChI=1S/C22H23N9O2/c23-19-7-18(28-21-17(9-27-31(19)21)12-1-2-14(10-32)24-8-12)13-5-15-3-4-16(6-13)30(15)22(33)20-25-11-26-29-20/h1-2,7-9,11,13,15-16,32H,3-6,10,23H2,(H,25,26,29). The number of carbonyl (C=O) groups excluding carboxylic acids is 1. The number of aliphatic hydroxyl groups is 1. The molecular weight excluding hydrogens is 422 g/mol. The van der Waals surface area contributed by atoms with Crippen molar-refractivity contribution in [1.29, 1.82) is 0 Å². The molecule has 33 heavy (non-hydrogen) atoms. The van der Waals surface area contributed by atoms with Gasteiger partial charge in [0.1, 0.15) is 12.1 Å². The van der Waals surface area contributed by atoms with Gasteiger partial charge in [0.2, 0.25) is 5.82 Å². The van der Waals surface area contributed by atoms with E-state index in [0.29, 0.717) is 23.0 Å². The maximum Gasteiger partial charge on any atom is 0.291 e. The second kappa shape index (κ2) is 7.62. The van der Waals surface area contributed by atoms with Crippen molar-refractivity contribution in [3.05, 3.63) is 54.1 Å². The monoisotopic (exact) mass is 445 g/mol. The molecule has 2 bridgehead atoms. The predicted octanol–water partition coefficient (Wildman–Crippen LogP) is 1.53. The van der Waals surface area contributed by atoms with Crippen molar-refractivity contribution >= 4 is 17.4 Å². The highest BCUT2D eigenvalue weighted by Gasteiger charge is 2.45. The quantitative estimate of drug-likeness (QED) is 0.428. The Kier molecular flexibility index (Phi) is 4.57. The molecule has 4 N–H and O–H groups in total. The van der Waals surface area contributed by atoms with Gasteiger partial charge in [0.25, 0.3) is 5.91 Å². The van der Waals surface area contributed by atoms with Crippen LogP contribution in [0.2, 0.25) is 0 Å². The molecule has 2 aliphatic heterocycles. The number of hydrogen-bond acceptors (Lipinski definition) is 8. The highest BCUT2D eigenvalue weighted by molar-refractivity contribution is 5.91. The van der Waals surface area contributed by atoms with Crippen molar-refractivity contribution in [2.24, 2.45) is 0 Å². The average molecular weight is 445 g/mol. The number of anilines is 1. The van der Waals surface area contributed by atoms with Gasteiger partial charge >= 0.3 is 0 Å². The summed E-state index contributed by atoms with van der Waals surface area (Å²) in [6.45, 7) is -0.107. The van der Waals surface area contributed by atoms with Gasteiger partial charge in [-0.15, -0.1) is 0 Å². The van der Waals surface area contributed by atoms with Crippen LogP contribution in [0.25, 0.3) is 16.8 Å². The molecule has 0 saturated carbocycles. The van der Waals surface area contributed by atoms with E-state index in [1.54, 1.807) is 23.0 Å². The van der Waals surface area contributed by atoms with Crippen molar-refractivity contribution in [1.82, 2.24) is 39.7 Å². The van der Waals surface area contributed by atoms with Crippen LogP contribution in [0.5, 0.6) is 0 Å². The summed E-state index contributed by atoms with van der Waals surface area (Å²) >= 11 is 0. The topological polar surface area (TPSA) is 151 Å². The summed E-state index contributed by atoms with van der Waals surface area (Å²) in [5.74, 6) is 0.928. The Bertz CT molecular complexity index is 1300. The normalized spacial score (nSPS) is 22.2. The lowest BCUT2D eigenvalue weighted by Crippen LogP contribution is -2.46. The number of carbonyl (C=O) groups is 1. The van der Waals surface area contributed by atoms with Crippen molar-refractivity contribution < 1.29 is 9.90 Å². The number of nitrogens with zero attached hydrogens (tertiary/aromatic N) is 7. The Morgan fingerprint density at radius 1 is 1.18 bits per heavy atom. The van der Waals surface area contributed by atoms with Crippen molar-refractivity contribution in [2.75, 3.05) is 5.73 Å². The van der Waals surface area contributed by atoms with Gasteiger partial charge in [-0.3, -0.25) is 14.9 Å². The van der Waals surface area contributed by atoms with Crippen LogP contribution in [0.4, 0.5) is 5.82 Å². The number of rotatable bonds is 4. The number of aliphatic hydroxyl groups excluding tert-OH is 1. The highest BCUT2D eigenvalue weighted by Crippen LogP contribution is 2.43. The summed E-state index contributed by atoms with van der Waals surface area (Å²) in [5, 5.41) is 20.2. The molecule has 0 aliphatic carbocycles. The van der Waals surface area contributed by atoms with Crippen LogP contribution in [0.15, 0.2) is 36.9 Å². The fourth-order valence-corrected chi connectivity index (χ4v) is 5.28. The molecule has 2 saturated heterocycles. The van der Waals surface area contributed by atoms with Crippen LogP contribution in [-0.2, 0) is 6.61 Å². The summed E-state index contributed by atoms with van der Waals surface area (Å²) < 4.78 is 1.63. The van der Waals surface area contributed by atoms with Gasteiger partial charge in [-0.1, -0.05) is 6.07 Å². The molecule has 6 rings (SSSR count). The zero-order chi connectivity index (χ0) is 22.5. The first-order valence-corrected chi connectivity index (χ1v) is 11.0. The Labute approximate surface area is 188 Å². The molecule has 4 aromatic rings. The van der Waals surface area contributed by atoms with Crippen LogP contribution in [0, 0.1) is 0 Å². The van der Waals surface area contributed by atoms with Gasteiger partial charge in [-0.2, -0.15) is 14.7 Å². The zero-order valence-electron chi connectivity index (χ0n) is 17.8. The van der Waals surface area contributed by atoms with E-state index in [-0.39, 0.29) is 30.5 Å². The minimum Gasteiger partial charge on any atom is -0.390 e. The molecule has 168 valence electrons. The molecule has 2 atom stereocenters. The average Bonchev–Trinajstić information content (AvgIpc) is 3.57. The lowest BCUT2D eigenvalue weighted by atomic mass is 9.87. The maximum atomic E-state index is 12.9. The van der Waals surface area contributed by atoms with E-state index in [2.05, 4.69) is 25.3 Å². The molecule has 4 aromatic heterocycles. The first-order chi connectivity index (χ1) is 16.1. The third-order valence-electron chi connectivity index (χ3n) is 6.82. The molecule has 2 fully saturated rings. The van der Waals surface area contributed by atoms with Crippen molar-refractivity contribution in [3.8, 4) is 11.1 Å². The van der Waals surface area contributed by atoms with Gasteiger partial charge in [0.15, 0.2) is 5.65 Å². The second-order valence-corrected chi connectivity index (χ2v) is 8.70. The Balaban J connectivity index is 1.32. The summed E-state index contributed by atoms with van der Waals surface area (Å²) in [7, 11) is 0. The van der Waals surface area contributed by atoms with Crippen molar-refractivity contribution in [3.63, 3.8) is 0 Å². The van der Waals surface area contributed by atoms with E-state index in [9.17, 15) is 9.90 Å². The largest absolute Gasteiger partial charge is 0.390 e. The molecular formula is C22H23N9O2. The van der Waals surface area contributed by atoms with Gasteiger partial charge in [0, 0.05) is 47.1 Å². The second-order valence-electron chi connectivity index (χ2n) is 8.70. The lowest BCUT2D eigenvalue weighted by Gasteiger charge is -2.38. The number of nitrogen functional groups attached to an aromatic ring is 1. The minimum atomic E-state index is -0.107. The Morgan fingerprint density at radius 3 is 2.67 bits per heavy atom. The summed E-state index contributed by atoms with van der Waals surface area (Å²) in [6.07, 6.45) is 8.41. The van der Waals surface area contributed by atoms with E-state index in [1.807, 2.05) is 17.0 Å². The maximum absolute atomic E-state index is 12.9. The number of H-pyrrole nitrogens is 1. The van der Waals surface area contributed by atoms with E-state index < -0.39 is 0 Å². The zero-order valence-corrected chi connectivity index (χ0v) is 17.8. The molecule has 11 heteroatoms. The highest BCUT2D eigenvalue weighted by atomic mass is 16.3. The first-order valence-electron chi connectivity index (χ1n) is 11.0. The van der Waals surface area contributed by atoms with E-state index in [0.717, 1.165) is 42.5 Å². The number of pyridine rings is 1. The third kappa shape index (κ3) is 3.23. The molecule has 2 unspecified atom stereocenters.